The van der Waals surface area contributed by atoms with Gasteiger partial charge in [0.15, 0.2) is 0 Å². The van der Waals surface area contributed by atoms with Gasteiger partial charge in [0.2, 0.25) is 0 Å². The Balaban J connectivity index is 2.43. The molecule has 0 aliphatic rings. The van der Waals surface area contributed by atoms with Gasteiger partial charge in [-0.25, -0.2) is 0 Å². The molecule has 17 heavy (non-hydrogen) atoms. The van der Waals surface area contributed by atoms with Crippen molar-refractivity contribution in [3.05, 3.63) is 58.6 Å². The van der Waals surface area contributed by atoms with E-state index in [4.69, 9.17) is 0 Å². The van der Waals surface area contributed by atoms with Gasteiger partial charge in [-0.05, 0) is 42.8 Å². The van der Waals surface area contributed by atoms with Gasteiger partial charge in [-0.3, -0.25) is 0 Å². The average molecular weight is 290 g/mol. The maximum Gasteiger partial charge on any atom is 0.0289 e. The lowest BCUT2D eigenvalue weighted by molar-refractivity contribution is 0.652. The zero-order chi connectivity index (χ0) is 12.3. The molecule has 2 heteroatoms. The van der Waals surface area contributed by atoms with Crippen LogP contribution >= 0.6 is 15.9 Å². The third-order valence-electron chi connectivity index (χ3n) is 3.00. The molecular weight excluding hydrogens is 274 g/mol. The Morgan fingerprint density at radius 1 is 1.06 bits per heavy atom. The topological polar surface area (TPSA) is 12.0 Å². The number of halogens is 1. The molecule has 0 fully saturated rings. The Hall–Kier alpha value is -1.12. The molecule has 0 saturated heterocycles. The molecule has 2 rings (SSSR count). The van der Waals surface area contributed by atoms with E-state index in [1.54, 1.807) is 0 Å². The number of hydrogen-bond acceptors (Lipinski definition) is 1. The van der Waals surface area contributed by atoms with Crippen LogP contribution in [0.3, 0.4) is 0 Å². The quantitative estimate of drug-likeness (QED) is 0.883. The maximum absolute atomic E-state index is 3.60. The van der Waals surface area contributed by atoms with Crippen LogP contribution in [0.2, 0.25) is 0 Å². The number of nitrogens with one attached hydrogen (secondary N) is 1. The Labute approximate surface area is 111 Å². The molecule has 0 saturated carbocycles. The Morgan fingerprint density at radius 3 is 2.53 bits per heavy atom. The minimum absolute atomic E-state index is 0.373. The van der Waals surface area contributed by atoms with Crippen molar-refractivity contribution in [2.45, 2.75) is 13.0 Å². The highest BCUT2D eigenvalue weighted by Gasteiger charge is 2.06. The Kier molecular flexibility index (Phi) is 3.97. The average Bonchev–Trinajstić information content (AvgIpc) is 2.38. The van der Waals surface area contributed by atoms with Gasteiger partial charge in [0.25, 0.3) is 0 Å². The second-order valence-electron chi connectivity index (χ2n) is 4.12. The second-order valence-corrected chi connectivity index (χ2v) is 4.97. The molecule has 1 nitrogen and oxygen atoms in total. The molecule has 88 valence electrons. The van der Waals surface area contributed by atoms with E-state index in [1.165, 1.54) is 16.7 Å². The van der Waals surface area contributed by atoms with E-state index >= 15 is 0 Å². The highest BCUT2D eigenvalue weighted by Crippen LogP contribution is 2.29. The van der Waals surface area contributed by atoms with E-state index in [1.807, 2.05) is 13.1 Å². The summed E-state index contributed by atoms with van der Waals surface area (Å²) in [5, 5.41) is 3.26. The first-order chi connectivity index (χ1) is 8.22. The number of hydrogen-bond donors (Lipinski definition) is 1. The van der Waals surface area contributed by atoms with E-state index in [2.05, 4.69) is 70.6 Å². The van der Waals surface area contributed by atoms with Crippen LogP contribution in [0.25, 0.3) is 11.1 Å². The molecule has 1 N–H and O–H groups in total. The highest BCUT2D eigenvalue weighted by molar-refractivity contribution is 9.10. The lowest BCUT2D eigenvalue weighted by atomic mass is 10.0. The van der Waals surface area contributed by atoms with Crippen LogP contribution in [0.1, 0.15) is 18.5 Å². The smallest absolute Gasteiger partial charge is 0.0289 e. The lowest BCUT2D eigenvalue weighted by Crippen LogP contribution is -2.12. The highest BCUT2D eigenvalue weighted by atomic mass is 79.9. The predicted octanol–water partition coefficient (Wildman–Crippen LogP) is 4.40. The molecule has 1 unspecified atom stereocenters. The van der Waals surface area contributed by atoms with Crippen molar-refractivity contribution < 1.29 is 0 Å². The summed E-state index contributed by atoms with van der Waals surface area (Å²) >= 11 is 3.60. The van der Waals surface area contributed by atoms with E-state index in [0.29, 0.717) is 6.04 Å². The minimum atomic E-state index is 0.373. The Bertz CT molecular complexity index is 508. The van der Waals surface area contributed by atoms with Crippen molar-refractivity contribution >= 4 is 15.9 Å². The molecule has 0 bridgehead atoms. The fourth-order valence-electron chi connectivity index (χ4n) is 1.84. The van der Waals surface area contributed by atoms with E-state index in [0.717, 1.165) is 4.47 Å². The minimum Gasteiger partial charge on any atom is -0.313 e. The first-order valence-electron chi connectivity index (χ1n) is 5.74. The summed E-state index contributed by atoms with van der Waals surface area (Å²) in [6, 6.07) is 17.3. The summed E-state index contributed by atoms with van der Waals surface area (Å²) in [5.41, 5.74) is 3.79. The maximum atomic E-state index is 3.60. The summed E-state index contributed by atoms with van der Waals surface area (Å²) in [7, 11) is 1.98. The summed E-state index contributed by atoms with van der Waals surface area (Å²) in [6.45, 7) is 2.17. The first kappa shape index (κ1) is 12.3. The zero-order valence-electron chi connectivity index (χ0n) is 10.1. The van der Waals surface area contributed by atoms with Gasteiger partial charge in [-0.1, -0.05) is 52.3 Å². The van der Waals surface area contributed by atoms with Crippen molar-refractivity contribution in [1.29, 1.82) is 0 Å². The van der Waals surface area contributed by atoms with E-state index in [-0.39, 0.29) is 0 Å². The van der Waals surface area contributed by atoms with Crippen molar-refractivity contribution in [2.75, 3.05) is 7.05 Å². The summed E-state index contributed by atoms with van der Waals surface area (Å²) in [6.07, 6.45) is 0. The SMILES string of the molecule is CNC(C)c1cccc(-c2ccccc2Br)c1. The normalized spacial score (nSPS) is 12.4. The lowest BCUT2D eigenvalue weighted by Gasteiger charge is -2.12. The third kappa shape index (κ3) is 2.76. The van der Waals surface area contributed by atoms with Crippen LogP contribution in [0.15, 0.2) is 53.0 Å². The fourth-order valence-corrected chi connectivity index (χ4v) is 2.35. The van der Waals surface area contributed by atoms with Crippen molar-refractivity contribution in [3.8, 4) is 11.1 Å². The second kappa shape index (κ2) is 5.48. The van der Waals surface area contributed by atoms with Crippen LogP contribution in [0, 0.1) is 0 Å². The molecule has 0 spiro atoms. The Morgan fingerprint density at radius 2 is 1.82 bits per heavy atom. The number of benzene rings is 2. The van der Waals surface area contributed by atoms with E-state index in [9.17, 15) is 0 Å². The molecule has 0 heterocycles. The molecule has 0 aliphatic carbocycles. The number of rotatable bonds is 3. The van der Waals surface area contributed by atoms with Crippen LogP contribution < -0.4 is 5.32 Å². The van der Waals surface area contributed by atoms with Gasteiger partial charge >= 0.3 is 0 Å². The monoisotopic (exact) mass is 289 g/mol. The third-order valence-corrected chi connectivity index (χ3v) is 3.70. The molecule has 0 amide bonds. The fraction of sp³-hybridized carbons (Fsp3) is 0.200. The predicted molar refractivity (Wildman–Crippen MR) is 77.1 cm³/mol. The van der Waals surface area contributed by atoms with Crippen molar-refractivity contribution in [2.24, 2.45) is 0 Å². The molecule has 1 atom stereocenters. The molecular formula is C15H16BrN. The first-order valence-corrected chi connectivity index (χ1v) is 6.54. The van der Waals surface area contributed by atoms with Gasteiger partial charge in [0, 0.05) is 10.5 Å². The van der Waals surface area contributed by atoms with Gasteiger partial charge in [0.1, 0.15) is 0 Å². The van der Waals surface area contributed by atoms with Gasteiger partial charge in [-0.2, -0.15) is 0 Å². The molecule has 0 aliphatic heterocycles. The summed E-state index contributed by atoms with van der Waals surface area (Å²) in [4.78, 5) is 0. The van der Waals surface area contributed by atoms with Crippen LogP contribution in [-0.2, 0) is 0 Å². The molecule has 0 radical (unpaired) electrons. The van der Waals surface area contributed by atoms with Gasteiger partial charge < -0.3 is 5.32 Å². The largest absolute Gasteiger partial charge is 0.313 e. The summed E-state index contributed by atoms with van der Waals surface area (Å²) < 4.78 is 1.13. The van der Waals surface area contributed by atoms with Crippen LogP contribution in [0.5, 0.6) is 0 Å². The molecule has 2 aromatic carbocycles. The van der Waals surface area contributed by atoms with Crippen molar-refractivity contribution in [1.82, 2.24) is 5.32 Å². The van der Waals surface area contributed by atoms with Crippen molar-refractivity contribution in [3.63, 3.8) is 0 Å². The summed E-state index contributed by atoms with van der Waals surface area (Å²) in [5.74, 6) is 0. The standard InChI is InChI=1S/C15H16BrN/c1-11(17-2)12-6-5-7-13(10-12)14-8-3-4-9-15(14)16/h3-11,17H,1-2H3. The van der Waals surface area contributed by atoms with Crippen LogP contribution in [0.4, 0.5) is 0 Å². The van der Waals surface area contributed by atoms with Gasteiger partial charge in [0.05, 0.1) is 0 Å². The zero-order valence-corrected chi connectivity index (χ0v) is 11.7. The van der Waals surface area contributed by atoms with Crippen LogP contribution in [-0.4, -0.2) is 7.05 Å². The molecule has 0 aromatic heterocycles. The van der Waals surface area contributed by atoms with E-state index < -0.39 is 0 Å². The molecule has 2 aromatic rings. The van der Waals surface area contributed by atoms with Gasteiger partial charge in [-0.15, -0.1) is 0 Å².